The second-order valence-corrected chi connectivity index (χ2v) is 3.02. The molecular formula is C7H17NO4. The van der Waals surface area contributed by atoms with Gasteiger partial charge in [0.2, 0.25) is 0 Å². The standard InChI is InChI=1S/C7H17NO4/c1-2-3-4-5-6(8,9)7(10,11)12/h9-12H,2-5,8H2,1H3. The number of nitrogens with two attached hydrogens (primary N) is 1. The van der Waals surface area contributed by atoms with Crippen LogP contribution < -0.4 is 5.73 Å². The molecule has 0 radical (unpaired) electrons. The van der Waals surface area contributed by atoms with Crippen molar-refractivity contribution in [1.82, 2.24) is 0 Å². The molecule has 6 N–H and O–H groups in total. The van der Waals surface area contributed by atoms with Crippen molar-refractivity contribution in [3.05, 3.63) is 0 Å². The third-order valence-corrected chi connectivity index (χ3v) is 1.74. The lowest BCUT2D eigenvalue weighted by Gasteiger charge is -2.31. The average molecular weight is 179 g/mol. The topological polar surface area (TPSA) is 107 Å². The quantitative estimate of drug-likeness (QED) is 0.270. The highest BCUT2D eigenvalue weighted by Crippen LogP contribution is 2.18. The first kappa shape index (κ1) is 11.8. The lowest BCUT2D eigenvalue weighted by molar-refractivity contribution is -0.391. The molecule has 1 atom stereocenters. The first-order valence-corrected chi connectivity index (χ1v) is 3.99. The molecule has 0 aliphatic heterocycles. The van der Waals surface area contributed by atoms with Crippen LogP contribution in [0.4, 0.5) is 0 Å². The van der Waals surface area contributed by atoms with Crippen molar-refractivity contribution < 1.29 is 20.4 Å². The summed E-state index contributed by atoms with van der Waals surface area (Å²) in [7, 11) is 0. The lowest BCUT2D eigenvalue weighted by atomic mass is 10.0. The van der Waals surface area contributed by atoms with Gasteiger partial charge in [0.25, 0.3) is 0 Å². The Balaban J connectivity index is 3.88. The fourth-order valence-corrected chi connectivity index (χ4v) is 0.812. The highest BCUT2D eigenvalue weighted by atomic mass is 16.7. The molecule has 0 spiro atoms. The Labute approximate surface area is 71.4 Å². The largest absolute Gasteiger partial charge is 0.369 e. The number of unbranched alkanes of at least 4 members (excludes halogenated alkanes) is 2. The fourth-order valence-electron chi connectivity index (χ4n) is 0.812. The van der Waals surface area contributed by atoms with E-state index in [9.17, 15) is 0 Å². The van der Waals surface area contributed by atoms with E-state index in [0.717, 1.165) is 12.8 Å². The number of aliphatic hydroxyl groups is 4. The predicted octanol–water partition coefficient (Wildman–Crippen LogP) is -1.16. The van der Waals surface area contributed by atoms with E-state index in [2.05, 4.69) is 0 Å². The molecule has 0 bridgehead atoms. The minimum atomic E-state index is -3.22. The smallest absolute Gasteiger partial charge is 0.320 e. The van der Waals surface area contributed by atoms with Gasteiger partial charge in [-0.15, -0.1) is 0 Å². The van der Waals surface area contributed by atoms with Gasteiger partial charge in [-0.2, -0.15) is 0 Å². The Morgan fingerprint density at radius 3 is 1.92 bits per heavy atom. The van der Waals surface area contributed by atoms with Crippen LogP contribution >= 0.6 is 0 Å². The molecule has 0 aliphatic carbocycles. The Kier molecular flexibility index (Phi) is 4.09. The van der Waals surface area contributed by atoms with Gasteiger partial charge < -0.3 is 20.4 Å². The molecule has 0 aliphatic rings. The van der Waals surface area contributed by atoms with E-state index in [1.165, 1.54) is 0 Å². The summed E-state index contributed by atoms with van der Waals surface area (Å²) in [5.41, 5.74) is 2.70. The Morgan fingerprint density at radius 1 is 1.08 bits per heavy atom. The Bertz CT molecular complexity index is 130. The molecule has 0 aromatic carbocycles. The van der Waals surface area contributed by atoms with Crippen LogP contribution in [0, 0.1) is 0 Å². The zero-order chi connectivity index (χ0) is 9.83. The normalized spacial score (nSPS) is 17.5. The van der Waals surface area contributed by atoms with Crippen LogP contribution in [0.1, 0.15) is 32.6 Å². The van der Waals surface area contributed by atoms with Gasteiger partial charge in [-0.25, -0.2) is 0 Å². The van der Waals surface area contributed by atoms with E-state index < -0.39 is 11.7 Å². The first-order valence-electron chi connectivity index (χ1n) is 3.99. The van der Waals surface area contributed by atoms with E-state index in [1.54, 1.807) is 0 Å². The Morgan fingerprint density at radius 2 is 1.58 bits per heavy atom. The van der Waals surface area contributed by atoms with Gasteiger partial charge in [0, 0.05) is 0 Å². The zero-order valence-electron chi connectivity index (χ0n) is 7.19. The second-order valence-electron chi connectivity index (χ2n) is 3.02. The molecule has 0 aromatic rings. The lowest BCUT2D eigenvalue weighted by Crippen LogP contribution is -2.60. The monoisotopic (exact) mass is 179 g/mol. The van der Waals surface area contributed by atoms with Gasteiger partial charge in [0.05, 0.1) is 0 Å². The van der Waals surface area contributed by atoms with Crippen molar-refractivity contribution in [3.8, 4) is 0 Å². The van der Waals surface area contributed by atoms with Crippen LogP contribution in [0.25, 0.3) is 0 Å². The summed E-state index contributed by atoms with van der Waals surface area (Å²) in [4.78, 5) is 0. The van der Waals surface area contributed by atoms with E-state index in [1.807, 2.05) is 6.92 Å². The van der Waals surface area contributed by atoms with Gasteiger partial charge >= 0.3 is 5.97 Å². The number of hydrogen-bond donors (Lipinski definition) is 5. The average Bonchev–Trinajstić information content (AvgIpc) is 1.85. The van der Waals surface area contributed by atoms with Crippen LogP contribution in [0.3, 0.4) is 0 Å². The number of hydrogen-bond acceptors (Lipinski definition) is 5. The minimum absolute atomic E-state index is 0.0513. The van der Waals surface area contributed by atoms with Crippen LogP contribution in [0.5, 0.6) is 0 Å². The first-order chi connectivity index (χ1) is 5.31. The summed E-state index contributed by atoms with van der Waals surface area (Å²) < 4.78 is 0. The third-order valence-electron chi connectivity index (χ3n) is 1.74. The van der Waals surface area contributed by atoms with Crippen molar-refractivity contribution in [3.63, 3.8) is 0 Å². The summed E-state index contributed by atoms with van der Waals surface area (Å²) in [6.45, 7) is 1.96. The molecule has 0 rings (SSSR count). The van der Waals surface area contributed by atoms with Crippen molar-refractivity contribution in [2.75, 3.05) is 0 Å². The summed E-state index contributed by atoms with van der Waals surface area (Å²) in [6.07, 6.45) is 2.22. The van der Waals surface area contributed by atoms with Gasteiger partial charge in [-0.1, -0.05) is 19.8 Å². The maximum absolute atomic E-state index is 9.11. The van der Waals surface area contributed by atoms with Gasteiger partial charge in [0.1, 0.15) is 0 Å². The maximum Gasteiger partial charge on any atom is 0.320 e. The van der Waals surface area contributed by atoms with E-state index in [4.69, 9.17) is 26.2 Å². The molecule has 5 heteroatoms. The molecule has 1 unspecified atom stereocenters. The predicted molar refractivity (Wildman–Crippen MR) is 42.7 cm³/mol. The van der Waals surface area contributed by atoms with Crippen LogP contribution in [0.2, 0.25) is 0 Å². The minimum Gasteiger partial charge on any atom is -0.369 e. The van der Waals surface area contributed by atoms with Gasteiger partial charge in [0.15, 0.2) is 5.72 Å². The fraction of sp³-hybridized carbons (Fsp3) is 1.00. The molecule has 74 valence electrons. The SMILES string of the molecule is CCCCCC(N)(O)C(O)(O)O. The molecular weight excluding hydrogens is 162 g/mol. The molecule has 0 amide bonds. The van der Waals surface area contributed by atoms with E-state index in [-0.39, 0.29) is 6.42 Å². The highest BCUT2D eigenvalue weighted by Gasteiger charge is 2.43. The molecule has 0 fully saturated rings. The summed E-state index contributed by atoms with van der Waals surface area (Å²) in [5.74, 6) is -3.22. The molecule has 0 aromatic heterocycles. The Hall–Kier alpha value is -0.200. The molecule has 12 heavy (non-hydrogen) atoms. The van der Waals surface area contributed by atoms with Crippen molar-refractivity contribution in [2.24, 2.45) is 5.73 Å². The van der Waals surface area contributed by atoms with E-state index >= 15 is 0 Å². The molecule has 0 heterocycles. The maximum atomic E-state index is 9.11. The highest BCUT2D eigenvalue weighted by molar-refractivity contribution is 4.77. The summed E-state index contributed by atoms with van der Waals surface area (Å²) in [5, 5.41) is 34.8. The van der Waals surface area contributed by atoms with Crippen LogP contribution in [-0.2, 0) is 0 Å². The van der Waals surface area contributed by atoms with Crippen LogP contribution in [-0.4, -0.2) is 32.1 Å². The molecule has 0 saturated carbocycles. The van der Waals surface area contributed by atoms with Crippen LogP contribution in [0.15, 0.2) is 0 Å². The third kappa shape index (κ3) is 3.46. The summed E-state index contributed by atoms with van der Waals surface area (Å²) >= 11 is 0. The molecule has 0 saturated heterocycles. The van der Waals surface area contributed by atoms with Crippen molar-refractivity contribution in [1.29, 1.82) is 0 Å². The van der Waals surface area contributed by atoms with Gasteiger partial charge in [-0.05, 0) is 12.8 Å². The zero-order valence-corrected chi connectivity index (χ0v) is 7.19. The second kappa shape index (κ2) is 4.15. The van der Waals surface area contributed by atoms with E-state index in [0.29, 0.717) is 6.42 Å². The number of rotatable bonds is 5. The van der Waals surface area contributed by atoms with Crippen molar-refractivity contribution >= 4 is 0 Å². The molecule has 5 nitrogen and oxygen atoms in total. The van der Waals surface area contributed by atoms with Crippen molar-refractivity contribution in [2.45, 2.75) is 44.3 Å². The van der Waals surface area contributed by atoms with Gasteiger partial charge in [-0.3, -0.25) is 5.73 Å². The summed E-state index contributed by atoms with van der Waals surface area (Å²) in [6, 6.07) is 0.